The average Bonchev–Trinajstić information content (AvgIpc) is 2.32. The van der Waals surface area contributed by atoms with Crippen molar-refractivity contribution in [3.8, 4) is 11.5 Å². The molecule has 1 N–H and O–H groups in total. The largest absolute Gasteiger partial charge is 0.490 e. The van der Waals surface area contributed by atoms with Crippen LogP contribution in [0, 0.1) is 0 Å². The molecule has 1 aromatic rings. The maximum absolute atomic E-state index is 9.62. The number of ether oxygens (including phenoxy) is 2. The lowest BCUT2D eigenvalue weighted by atomic mass is 9.95. The molecule has 0 aromatic heterocycles. The zero-order valence-corrected chi connectivity index (χ0v) is 10.3. The lowest BCUT2D eigenvalue weighted by Crippen LogP contribution is -2.28. The quantitative estimate of drug-likeness (QED) is 0.873. The molecule has 0 bridgehead atoms. The van der Waals surface area contributed by atoms with Crippen LogP contribution in [0.2, 0.25) is 0 Å². The summed E-state index contributed by atoms with van der Waals surface area (Å²) in [6.45, 7) is 2.59. The van der Waals surface area contributed by atoms with Crippen LogP contribution in [0.4, 0.5) is 0 Å². The maximum Gasteiger partial charge on any atom is 0.161 e. The summed E-state index contributed by atoms with van der Waals surface area (Å²) in [6, 6.07) is 7.72. The fourth-order valence-electron chi connectivity index (χ4n) is 2.23. The second-order valence-corrected chi connectivity index (χ2v) is 4.44. The van der Waals surface area contributed by atoms with E-state index >= 15 is 0 Å². The van der Waals surface area contributed by atoms with Gasteiger partial charge in [0.05, 0.1) is 12.7 Å². The summed E-state index contributed by atoms with van der Waals surface area (Å²) in [5, 5.41) is 9.62. The Balaban J connectivity index is 2.01. The van der Waals surface area contributed by atoms with Crippen LogP contribution in [0.25, 0.3) is 0 Å². The van der Waals surface area contributed by atoms with Crippen molar-refractivity contribution in [2.24, 2.45) is 0 Å². The molecule has 0 amide bonds. The molecule has 0 spiro atoms. The normalized spacial score (nSPS) is 24.4. The minimum absolute atomic E-state index is 0.111. The molecule has 94 valence electrons. The Bertz CT molecular complexity index is 351. The van der Waals surface area contributed by atoms with Crippen LogP contribution in [0.3, 0.4) is 0 Å². The van der Waals surface area contributed by atoms with Gasteiger partial charge in [-0.15, -0.1) is 0 Å². The van der Waals surface area contributed by atoms with Gasteiger partial charge in [0.15, 0.2) is 11.5 Å². The first-order chi connectivity index (χ1) is 8.29. The van der Waals surface area contributed by atoms with Gasteiger partial charge < -0.3 is 14.6 Å². The first kappa shape index (κ1) is 12.2. The second-order valence-electron chi connectivity index (χ2n) is 4.44. The molecule has 0 saturated heterocycles. The highest BCUT2D eigenvalue weighted by atomic mass is 16.5. The molecule has 3 nitrogen and oxygen atoms in total. The minimum Gasteiger partial charge on any atom is -0.490 e. The molecule has 1 aliphatic rings. The molecule has 2 unspecified atom stereocenters. The number of benzene rings is 1. The van der Waals surface area contributed by atoms with Crippen molar-refractivity contribution in [3.63, 3.8) is 0 Å². The van der Waals surface area contributed by atoms with Crippen LogP contribution in [0.5, 0.6) is 11.5 Å². The van der Waals surface area contributed by atoms with Gasteiger partial charge in [-0.05, 0) is 38.3 Å². The molecule has 2 atom stereocenters. The maximum atomic E-state index is 9.62. The predicted octanol–water partition coefficient (Wildman–Crippen LogP) is 2.77. The van der Waals surface area contributed by atoms with Gasteiger partial charge in [0.2, 0.25) is 0 Å². The molecule has 1 aromatic carbocycles. The third-order valence-corrected chi connectivity index (χ3v) is 3.04. The second kappa shape index (κ2) is 5.92. The number of hydrogen-bond donors (Lipinski definition) is 1. The molecular formula is C14H20O3. The Morgan fingerprint density at radius 3 is 2.71 bits per heavy atom. The lowest BCUT2D eigenvalue weighted by Gasteiger charge is -2.27. The fraction of sp³-hybridized carbons (Fsp3) is 0.571. The zero-order chi connectivity index (χ0) is 12.1. The van der Waals surface area contributed by atoms with Crippen LogP contribution in [-0.2, 0) is 0 Å². The summed E-state index contributed by atoms with van der Waals surface area (Å²) in [5.74, 6) is 1.57. The van der Waals surface area contributed by atoms with E-state index in [2.05, 4.69) is 0 Å². The van der Waals surface area contributed by atoms with Crippen LogP contribution in [-0.4, -0.2) is 23.9 Å². The Kier molecular flexibility index (Phi) is 4.26. The SMILES string of the molecule is CCOc1ccccc1OC1CCCC(O)C1. The average molecular weight is 236 g/mol. The molecule has 17 heavy (non-hydrogen) atoms. The van der Waals surface area contributed by atoms with Gasteiger partial charge in [0, 0.05) is 6.42 Å². The van der Waals surface area contributed by atoms with Gasteiger partial charge in [0.25, 0.3) is 0 Å². The smallest absolute Gasteiger partial charge is 0.161 e. The van der Waals surface area contributed by atoms with Gasteiger partial charge in [-0.1, -0.05) is 12.1 Å². The summed E-state index contributed by atoms with van der Waals surface area (Å²) < 4.78 is 11.4. The van der Waals surface area contributed by atoms with E-state index in [0.29, 0.717) is 6.61 Å². The third kappa shape index (κ3) is 3.37. The van der Waals surface area contributed by atoms with E-state index in [0.717, 1.165) is 37.2 Å². The van der Waals surface area contributed by atoms with E-state index in [1.807, 2.05) is 31.2 Å². The first-order valence-corrected chi connectivity index (χ1v) is 6.36. The van der Waals surface area contributed by atoms with Crippen LogP contribution < -0.4 is 9.47 Å². The standard InChI is InChI=1S/C14H20O3/c1-2-16-13-8-3-4-9-14(13)17-12-7-5-6-11(15)10-12/h3-4,8-9,11-12,15H,2,5-7,10H2,1H3. The predicted molar refractivity (Wildman–Crippen MR) is 66.5 cm³/mol. The van der Waals surface area contributed by atoms with Gasteiger partial charge in [0.1, 0.15) is 6.10 Å². The van der Waals surface area contributed by atoms with Crippen molar-refractivity contribution in [2.75, 3.05) is 6.61 Å². The van der Waals surface area contributed by atoms with Gasteiger partial charge in [-0.2, -0.15) is 0 Å². The molecule has 0 radical (unpaired) electrons. The molecule has 3 heteroatoms. The van der Waals surface area contributed by atoms with E-state index in [9.17, 15) is 5.11 Å². The molecule has 0 aliphatic heterocycles. The Hall–Kier alpha value is -1.22. The summed E-state index contributed by atoms with van der Waals surface area (Å²) in [5.41, 5.74) is 0. The highest BCUT2D eigenvalue weighted by Gasteiger charge is 2.22. The Morgan fingerprint density at radius 1 is 1.24 bits per heavy atom. The molecular weight excluding hydrogens is 216 g/mol. The van der Waals surface area contributed by atoms with Crippen molar-refractivity contribution in [2.45, 2.75) is 44.8 Å². The number of aliphatic hydroxyl groups is 1. The summed E-state index contributed by atoms with van der Waals surface area (Å²) in [4.78, 5) is 0. The summed E-state index contributed by atoms with van der Waals surface area (Å²) >= 11 is 0. The number of para-hydroxylation sites is 2. The van der Waals surface area contributed by atoms with Crippen molar-refractivity contribution in [1.82, 2.24) is 0 Å². The van der Waals surface area contributed by atoms with Crippen molar-refractivity contribution < 1.29 is 14.6 Å². The molecule has 1 saturated carbocycles. The van der Waals surface area contributed by atoms with E-state index in [1.54, 1.807) is 0 Å². The summed E-state index contributed by atoms with van der Waals surface area (Å²) in [6.07, 6.45) is 3.56. The van der Waals surface area contributed by atoms with Crippen molar-refractivity contribution in [1.29, 1.82) is 0 Å². The number of hydrogen-bond acceptors (Lipinski definition) is 3. The molecule has 1 fully saturated rings. The van der Waals surface area contributed by atoms with Crippen LogP contribution >= 0.6 is 0 Å². The Labute approximate surface area is 102 Å². The number of rotatable bonds is 4. The van der Waals surface area contributed by atoms with Crippen LogP contribution in [0.1, 0.15) is 32.6 Å². The van der Waals surface area contributed by atoms with E-state index in [4.69, 9.17) is 9.47 Å². The van der Waals surface area contributed by atoms with Gasteiger partial charge >= 0.3 is 0 Å². The van der Waals surface area contributed by atoms with Gasteiger partial charge in [-0.3, -0.25) is 0 Å². The Morgan fingerprint density at radius 2 is 2.00 bits per heavy atom. The fourth-order valence-corrected chi connectivity index (χ4v) is 2.23. The molecule has 1 aliphatic carbocycles. The van der Waals surface area contributed by atoms with E-state index in [-0.39, 0.29) is 12.2 Å². The van der Waals surface area contributed by atoms with Crippen molar-refractivity contribution >= 4 is 0 Å². The van der Waals surface area contributed by atoms with Gasteiger partial charge in [-0.25, -0.2) is 0 Å². The highest BCUT2D eigenvalue weighted by Crippen LogP contribution is 2.30. The minimum atomic E-state index is -0.215. The van der Waals surface area contributed by atoms with Crippen molar-refractivity contribution in [3.05, 3.63) is 24.3 Å². The highest BCUT2D eigenvalue weighted by molar-refractivity contribution is 5.39. The number of aliphatic hydroxyl groups excluding tert-OH is 1. The monoisotopic (exact) mass is 236 g/mol. The molecule has 0 heterocycles. The van der Waals surface area contributed by atoms with E-state index in [1.165, 1.54) is 0 Å². The topological polar surface area (TPSA) is 38.7 Å². The van der Waals surface area contributed by atoms with Crippen LogP contribution in [0.15, 0.2) is 24.3 Å². The zero-order valence-electron chi connectivity index (χ0n) is 10.3. The third-order valence-electron chi connectivity index (χ3n) is 3.04. The lowest BCUT2D eigenvalue weighted by molar-refractivity contribution is 0.0519. The summed E-state index contributed by atoms with van der Waals surface area (Å²) in [7, 11) is 0. The first-order valence-electron chi connectivity index (χ1n) is 6.36. The van der Waals surface area contributed by atoms with E-state index < -0.39 is 0 Å². The molecule has 2 rings (SSSR count).